The van der Waals surface area contributed by atoms with Crippen LogP contribution in [0.1, 0.15) is 19.4 Å². The van der Waals surface area contributed by atoms with E-state index in [0.717, 1.165) is 5.56 Å². The molecule has 0 bridgehead atoms. The molecule has 0 aliphatic rings. The average molecular weight is 141 g/mol. The Balaban J connectivity index is 2.85. The second-order valence-electron chi connectivity index (χ2n) is 2.96. The first kappa shape index (κ1) is 7.28. The van der Waals surface area contributed by atoms with Crippen molar-refractivity contribution in [1.29, 1.82) is 0 Å². The summed E-state index contributed by atoms with van der Waals surface area (Å²) >= 11 is 0. The van der Waals surface area contributed by atoms with E-state index in [-0.39, 0.29) is 12.0 Å². The third-order valence-electron chi connectivity index (χ3n) is 1.61. The zero-order chi connectivity index (χ0) is 7.61. The number of rotatable bonds is 2. The SMILES string of the molecule is CC(C)(CO)c1cnoc1. The van der Waals surface area contributed by atoms with Crippen LogP contribution in [-0.4, -0.2) is 16.9 Å². The molecule has 0 radical (unpaired) electrons. The summed E-state index contributed by atoms with van der Waals surface area (Å²) in [6.07, 6.45) is 3.17. The van der Waals surface area contributed by atoms with Crippen LogP contribution in [-0.2, 0) is 5.41 Å². The molecule has 56 valence electrons. The molecule has 0 atom stereocenters. The first-order chi connectivity index (χ1) is 4.67. The molecule has 0 spiro atoms. The predicted molar refractivity (Wildman–Crippen MR) is 36.6 cm³/mol. The molecule has 0 saturated heterocycles. The van der Waals surface area contributed by atoms with Crippen molar-refractivity contribution in [2.75, 3.05) is 6.61 Å². The Morgan fingerprint density at radius 2 is 2.40 bits per heavy atom. The maximum Gasteiger partial charge on any atom is 0.127 e. The lowest BCUT2D eigenvalue weighted by Gasteiger charge is -2.17. The minimum Gasteiger partial charge on any atom is -0.395 e. The highest BCUT2D eigenvalue weighted by atomic mass is 16.5. The van der Waals surface area contributed by atoms with Gasteiger partial charge < -0.3 is 9.63 Å². The van der Waals surface area contributed by atoms with Crippen LogP contribution in [0.3, 0.4) is 0 Å². The number of hydrogen-bond acceptors (Lipinski definition) is 3. The quantitative estimate of drug-likeness (QED) is 0.666. The van der Waals surface area contributed by atoms with Crippen LogP contribution in [0.25, 0.3) is 0 Å². The summed E-state index contributed by atoms with van der Waals surface area (Å²) in [5, 5.41) is 12.4. The number of aliphatic hydroxyl groups is 1. The second-order valence-corrected chi connectivity index (χ2v) is 2.96. The fraction of sp³-hybridized carbons (Fsp3) is 0.571. The third-order valence-corrected chi connectivity index (χ3v) is 1.61. The smallest absolute Gasteiger partial charge is 0.127 e. The summed E-state index contributed by atoms with van der Waals surface area (Å²) in [6.45, 7) is 3.97. The number of nitrogens with zero attached hydrogens (tertiary/aromatic N) is 1. The van der Waals surface area contributed by atoms with Crippen molar-refractivity contribution in [3.63, 3.8) is 0 Å². The normalized spacial score (nSPS) is 11.9. The van der Waals surface area contributed by atoms with E-state index in [1.807, 2.05) is 13.8 Å². The van der Waals surface area contributed by atoms with E-state index in [2.05, 4.69) is 9.68 Å². The Morgan fingerprint density at radius 3 is 2.80 bits per heavy atom. The molecule has 0 aliphatic carbocycles. The second kappa shape index (κ2) is 2.42. The molecule has 1 N–H and O–H groups in total. The summed E-state index contributed by atoms with van der Waals surface area (Å²) in [7, 11) is 0. The molecule has 0 aliphatic heterocycles. The van der Waals surface area contributed by atoms with E-state index < -0.39 is 0 Å². The van der Waals surface area contributed by atoms with Gasteiger partial charge in [0.15, 0.2) is 0 Å². The lowest BCUT2D eigenvalue weighted by molar-refractivity contribution is 0.217. The molecular formula is C7H11NO2. The van der Waals surface area contributed by atoms with Crippen LogP contribution >= 0.6 is 0 Å². The number of aromatic nitrogens is 1. The van der Waals surface area contributed by atoms with E-state index in [4.69, 9.17) is 5.11 Å². The van der Waals surface area contributed by atoms with Crippen LogP contribution in [0.4, 0.5) is 0 Å². The van der Waals surface area contributed by atoms with Gasteiger partial charge in [-0.15, -0.1) is 0 Å². The Bertz CT molecular complexity index is 191. The molecule has 1 rings (SSSR count). The van der Waals surface area contributed by atoms with Gasteiger partial charge in [-0.2, -0.15) is 0 Å². The lowest BCUT2D eigenvalue weighted by atomic mass is 9.88. The maximum atomic E-state index is 8.90. The minimum atomic E-state index is -0.236. The molecular weight excluding hydrogens is 130 g/mol. The predicted octanol–water partition coefficient (Wildman–Crippen LogP) is 0.944. The molecule has 3 nitrogen and oxygen atoms in total. The minimum absolute atomic E-state index is 0.105. The van der Waals surface area contributed by atoms with E-state index in [0.29, 0.717) is 0 Å². The van der Waals surface area contributed by atoms with Crippen LogP contribution < -0.4 is 0 Å². The summed E-state index contributed by atoms with van der Waals surface area (Å²) in [5.41, 5.74) is 0.690. The molecule has 3 heteroatoms. The molecule has 0 amide bonds. The summed E-state index contributed by atoms with van der Waals surface area (Å²) in [4.78, 5) is 0. The van der Waals surface area contributed by atoms with Crippen molar-refractivity contribution in [2.24, 2.45) is 0 Å². The van der Waals surface area contributed by atoms with Gasteiger partial charge in [0.1, 0.15) is 6.26 Å². The third kappa shape index (κ3) is 1.19. The first-order valence-electron chi connectivity index (χ1n) is 3.17. The Labute approximate surface area is 59.7 Å². The maximum absolute atomic E-state index is 8.90. The summed E-state index contributed by atoms with van der Waals surface area (Å²) in [5.74, 6) is 0. The largest absolute Gasteiger partial charge is 0.395 e. The van der Waals surface area contributed by atoms with Crippen molar-refractivity contribution in [1.82, 2.24) is 5.16 Å². The number of hydrogen-bond donors (Lipinski definition) is 1. The molecule has 1 heterocycles. The summed E-state index contributed by atoms with van der Waals surface area (Å²) < 4.78 is 4.64. The van der Waals surface area contributed by atoms with E-state index in [9.17, 15) is 0 Å². The first-order valence-corrected chi connectivity index (χ1v) is 3.17. The molecule has 10 heavy (non-hydrogen) atoms. The van der Waals surface area contributed by atoms with Gasteiger partial charge in [-0.1, -0.05) is 19.0 Å². The van der Waals surface area contributed by atoms with Crippen molar-refractivity contribution in [2.45, 2.75) is 19.3 Å². The van der Waals surface area contributed by atoms with Gasteiger partial charge in [0.05, 0.1) is 12.8 Å². The molecule has 0 unspecified atom stereocenters. The van der Waals surface area contributed by atoms with Gasteiger partial charge in [0.2, 0.25) is 0 Å². The summed E-state index contributed by atoms with van der Waals surface area (Å²) in [6, 6.07) is 0. The van der Waals surface area contributed by atoms with Crippen molar-refractivity contribution in [3.05, 3.63) is 18.0 Å². The average Bonchev–Trinajstić information content (AvgIpc) is 2.38. The molecule has 0 saturated carbocycles. The van der Waals surface area contributed by atoms with Crippen LogP contribution in [0.5, 0.6) is 0 Å². The van der Waals surface area contributed by atoms with Crippen LogP contribution in [0, 0.1) is 0 Å². The fourth-order valence-corrected chi connectivity index (χ4v) is 0.630. The Kier molecular flexibility index (Phi) is 1.76. The molecule has 1 aromatic heterocycles. The van der Waals surface area contributed by atoms with Crippen molar-refractivity contribution < 1.29 is 9.63 Å². The van der Waals surface area contributed by atoms with Crippen LogP contribution in [0.2, 0.25) is 0 Å². The van der Waals surface area contributed by atoms with Gasteiger partial charge in [-0.3, -0.25) is 0 Å². The highest BCUT2D eigenvalue weighted by molar-refractivity contribution is 5.14. The lowest BCUT2D eigenvalue weighted by Crippen LogP contribution is -2.20. The van der Waals surface area contributed by atoms with Gasteiger partial charge in [0, 0.05) is 11.0 Å². The highest BCUT2D eigenvalue weighted by Gasteiger charge is 2.20. The molecule has 0 fully saturated rings. The topological polar surface area (TPSA) is 46.3 Å². The van der Waals surface area contributed by atoms with Crippen LogP contribution in [0.15, 0.2) is 17.0 Å². The van der Waals surface area contributed by atoms with Crippen molar-refractivity contribution in [3.8, 4) is 0 Å². The fourth-order valence-electron chi connectivity index (χ4n) is 0.630. The van der Waals surface area contributed by atoms with Gasteiger partial charge in [-0.25, -0.2) is 0 Å². The van der Waals surface area contributed by atoms with Crippen molar-refractivity contribution >= 4 is 0 Å². The number of aliphatic hydroxyl groups excluding tert-OH is 1. The Hall–Kier alpha value is -0.830. The monoisotopic (exact) mass is 141 g/mol. The molecule has 1 aromatic rings. The van der Waals surface area contributed by atoms with Gasteiger partial charge >= 0.3 is 0 Å². The zero-order valence-electron chi connectivity index (χ0n) is 6.16. The Morgan fingerprint density at radius 1 is 1.70 bits per heavy atom. The van der Waals surface area contributed by atoms with E-state index in [1.54, 1.807) is 12.5 Å². The van der Waals surface area contributed by atoms with Gasteiger partial charge in [0.25, 0.3) is 0 Å². The zero-order valence-corrected chi connectivity index (χ0v) is 6.16. The standard InChI is InChI=1S/C7H11NO2/c1-7(2,5-9)6-3-8-10-4-6/h3-4,9H,5H2,1-2H3. The van der Waals surface area contributed by atoms with Gasteiger partial charge in [-0.05, 0) is 0 Å². The highest BCUT2D eigenvalue weighted by Crippen LogP contribution is 2.20. The van der Waals surface area contributed by atoms with E-state index >= 15 is 0 Å². The molecule has 0 aromatic carbocycles. The van der Waals surface area contributed by atoms with E-state index in [1.165, 1.54) is 0 Å².